The molecule has 2 aromatic rings. The van der Waals surface area contributed by atoms with Gasteiger partial charge in [-0.2, -0.15) is 0 Å². The number of pyridine rings is 1. The lowest BCUT2D eigenvalue weighted by Crippen LogP contribution is -2.61. The first-order valence-corrected chi connectivity index (χ1v) is 9.00. The second-order valence-electron chi connectivity index (χ2n) is 6.33. The zero-order chi connectivity index (χ0) is 19.4. The Kier molecular flexibility index (Phi) is 5.30. The standard InChI is InChI=1S/C20H23N3O4/c1-4-13-23-17-16(7-6-12-21-17)27-20(3,19(23)25)18(24)22-14-8-10-15(11-9-14)26-5-2/h6-12H,4-5,13H2,1-3H3,(H,22,24)/t20-/m0/s1. The topological polar surface area (TPSA) is 80.8 Å². The van der Waals surface area contributed by atoms with Crippen LogP contribution < -0.4 is 19.7 Å². The van der Waals surface area contributed by atoms with Crippen LogP contribution in [-0.2, 0) is 9.59 Å². The van der Waals surface area contributed by atoms with Gasteiger partial charge in [-0.3, -0.25) is 14.5 Å². The molecular weight excluding hydrogens is 346 g/mol. The minimum absolute atomic E-state index is 0.412. The number of fused-ring (bicyclic) bond motifs is 1. The molecule has 1 aromatic heterocycles. The molecule has 0 radical (unpaired) electrons. The zero-order valence-electron chi connectivity index (χ0n) is 15.7. The van der Waals surface area contributed by atoms with Crippen LogP contribution in [0.2, 0.25) is 0 Å². The van der Waals surface area contributed by atoms with E-state index in [1.165, 1.54) is 11.8 Å². The number of nitrogens with zero attached hydrogens (tertiary/aromatic N) is 2. The minimum Gasteiger partial charge on any atom is -0.494 e. The predicted octanol–water partition coefficient (Wildman–Crippen LogP) is 3.01. The highest BCUT2D eigenvalue weighted by atomic mass is 16.5. The summed E-state index contributed by atoms with van der Waals surface area (Å²) in [6.07, 6.45) is 2.33. The van der Waals surface area contributed by atoms with Crippen molar-refractivity contribution in [3.8, 4) is 11.5 Å². The molecule has 2 amide bonds. The molecule has 3 rings (SSSR count). The third-order valence-electron chi connectivity index (χ3n) is 4.28. The van der Waals surface area contributed by atoms with Crippen molar-refractivity contribution < 1.29 is 19.1 Å². The number of hydrogen-bond acceptors (Lipinski definition) is 5. The van der Waals surface area contributed by atoms with E-state index in [9.17, 15) is 9.59 Å². The van der Waals surface area contributed by atoms with Crippen LogP contribution in [0, 0.1) is 0 Å². The quantitative estimate of drug-likeness (QED) is 0.792. The van der Waals surface area contributed by atoms with Gasteiger partial charge in [0.2, 0.25) is 0 Å². The van der Waals surface area contributed by atoms with Crippen molar-refractivity contribution in [3.63, 3.8) is 0 Å². The molecule has 1 atom stereocenters. The molecule has 7 heteroatoms. The number of carbonyl (C=O) groups is 2. The maximum atomic E-state index is 13.1. The summed E-state index contributed by atoms with van der Waals surface area (Å²) in [5, 5.41) is 2.76. The molecule has 0 saturated heterocycles. The van der Waals surface area contributed by atoms with E-state index < -0.39 is 17.4 Å². The molecule has 0 aliphatic carbocycles. The number of amides is 2. The smallest absolute Gasteiger partial charge is 0.282 e. The molecule has 0 unspecified atom stereocenters. The van der Waals surface area contributed by atoms with E-state index in [-0.39, 0.29) is 0 Å². The maximum absolute atomic E-state index is 13.1. The molecule has 1 aliphatic rings. The molecule has 0 bridgehead atoms. The second kappa shape index (κ2) is 7.65. The van der Waals surface area contributed by atoms with Gasteiger partial charge in [-0.05, 0) is 56.7 Å². The van der Waals surface area contributed by atoms with Gasteiger partial charge in [0.25, 0.3) is 17.4 Å². The Bertz CT molecular complexity index is 837. The third-order valence-corrected chi connectivity index (χ3v) is 4.28. The summed E-state index contributed by atoms with van der Waals surface area (Å²) in [5.74, 6) is 0.595. The van der Waals surface area contributed by atoms with Gasteiger partial charge in [0.1, 0.15) is 5.75 Å². The maximum Gasteiger partial charge on any atom is 0.282 e. The second-order valence-corrected chi connectivity index (χ2v) is 6.33. The fraction of sp³-hybridized carbons (Fsp3) is 0.350. The van der Waals surface area contributed by atoms with Crippen molar-refractivity contribution in [3.05, 3.63) is 42.6 Å². The van der Waals surface area contributed by atoms with Crippen molar-refractivity contribution in [1.29, 1.82) is 0 Å². The Morgan fingerprint density at radius 2 is 2.00 bits per heavy atom. The molecule has 27 heavy (non-hydrogen) atoms. The van der Waals surface area contributed by atoms with E-state index in [4.69, 9.17) is 9.47 Å². The molecule has 1 aliphatic heterocycles. The summed E-state index contributed by atoms with van der Waals surface area (Å²) < 4.78 is 11.2. The highest BCUT2D eigenvalue weighted by Gasteiger charge is 2.51. The van der Waals surface area contributed by atoms with E-state index in [0.717, 1.165) is 6.42 Å². The van der Waals surface area contributed by atoms with Crippen LogP contribution in [0.1, 0.15) is 27.2 Å². The number of benzene rings is 1. The molecule has 1 aromatic carbocycles. The Balaban J connectivity index is 1.85. The molecule has 0 saturated carbocycles. The van der Waals surface area contributed by atoms with Crippen molar-refractivity contribution >= 4 is 23.3 Å². The Labute approximate surface area is 158 Å². The number of ether oxygens (including phenoxy) is 2. The molecule has 0 fully saturated rings. The molecule has 1 N–H and O–H groups in total. The molecular formula is C20H23N3O4. The van der Waals surface area contributed by atoms with Gasteiger partial charge >= 0.3 is 0 Å². The van der Waals surface area contributed by atoms with Crippen molar-refractivity contribution in [2.45, 2.75) is 32.8 Å². The average molecular weight is 369 g/mol. The van der Waals surface area contributed by atoms with Crippen LogP contribution in [0.3, 0.4) is 0 Å². The molecule has 142 valence electrons. The molecule has 7 nitrogen and oxygen atoms in total. The summed E-state index contributed by atoms with van der Waals surface area (Å²) in [6.45, 7) is 6.36. The van der Waals surface area contributed by atoms with Crippen LogP contribution in [0.5, 0.6) is 11.5 Å². The van der Waals surface area contributed by atoms with Crippen LogP contribution in [0.25, 0.3) is 0 Å². The number of aromatic nitrogens is 1. The van der Waals surface area contributed by atoms with Crippen LogP contribution in [0.15, 0.2) is 42.6 Å². The van der Waals surface area contributed by atoms with E-state index >= 15 is 0 Å². The van der Waals surface area contributed by atoms with Gasteiger partial charge in [-0.15, -0.1) is 0 Å². The highest BCUT2D eigenvalue weighted by Crippen LogP contribution is 2.36. The van der Waals surface area contributed by atoms with Gasteiger partial charge in [0.15, 0.2) is 11.6 Å². The van der Waals surface area contributed by atoms with E-state index in [1.807, 2.05) is 13.8 Å². The summed E-state index contributed by atoms with van der Waals surface area (Å²) in [7, 11) is 0. The highest BCUT2D eigenvalue weighted by molar-refractivity contribution is 6.19. The SMILES string of the molecule is CCCN1C(=O)[C@](C)(C(=O)Nc2ccc(OCC)cc2)Oc2cccnc21. The lowest BCUT2D eigenvalue weighted by molar-refractivity contribution is -0.145. The number of rotatable bonds is 6. The van der Waals surface area contributed by atoms with Crippen molar-refractivity contribution in [2.75, 3.05) is 23.4 Å². The Hall–Kier alpha value is -3.09. The molecule has 2 heterocycles. The van der Waals surface area contributed by atoms with Gasteiger partial charge in [0, 0.05) is 18.4 Å². The van der Waals surface area contributed by atoms with Gasteiger partial charge in [-0.25, -0.2) is 4.98 Å². The summed E-state index contributed by atoms with van der Waals surface area (Å²) in [5.41, 5.74) is -1.12. The van der Waals surface area contributed by atoms with Crippen LogP contribution in [-0.4, -0.2) is 35.6 Å². The number of anilines is 2. The minimum atomic E-state index is -1.68. The predicted molar refractivity (Wildman–Crippen MR) is 102 cm³/mol. The summed E-state index contributed by atoms with van der Waals surface area (Å²) in [6, 6.07) is 10.4. The lowest BCUT2D eigenvalue weighted by Gasteiger charge is -2.38. The Morgan fingerprint density at radius 1 is 1.26 bits per heavy atom. The first-order chi connectivity index (χ1) is 13.0. The van der Waals surface area contributed by atoms with Gasteiger partial charge in [0.05, 0.1) is 6.61 Å². The zero-order valence-corrected chi connectivity index (χ0v) is 15.7. The summed E-state index contributed by atoms with van der Waals surface area (Å²) >= 11 is 0. The monoisotopic (exact) mass is 369 g/mol. The number of hydrogen-bond donors (Lipinski definition) is 1. The fourth-order valence-electron chi connectivity index (χ4n) is 2.91. The van der Waals surface area contributed by atoms with E-state index in [1.54, 1.807) is 42.6 Å². The number of nitrogens with one attached hydrogen (secondary N) is 1. The molecule has 0 spiro atoms. The first kappa shape index (κ1) is 18.7. The first-order valence-electron chi connectivity index (χ1n) is 9.00. The van der Waals surface area contributed by atoms with E-state index in [2.05, 4.69) is 10.3 Å². The van der Waals surface area contributed by atoms with Crippen molar-refractivity contribution in [1.82, 2.24) is 4.98 Å². The van der Waals surface area contributed by atoms with Gasteiger partial charge in [-0.1, -0.05) is 6.92 Å². The van der Waals surface area contributed by atoms with Crippen LogP contribution >= 0.6 is 0 Å². The Morgan fingerprint density at radius 3 is 2.67 bits per heavy atom. The fourth-order valence-corrected chi connectivity index (χ4v) is 2.91. The van der Waals surface area contributed by atoms with Crippen molar-refractivity contribution in [2.24, 2.45) is 0 Å². The largest absolute Gasteiger partial charge is 0.494 e. The van der Waals surface area contributed by atoms with Gasteiger partial charge < -0.3 is 14.8 Å². The lowest BCUT2D eigenvalue weighted by atomic mass is 10.0. The summed E-state index contributed by atoms with van der Waals surface area (Å²) in [4.78, 5) is 31.7. The van der Waals surface area contributed by atoms with E-state index in [0.29, 0.717) is 36.2 Å². The van der Waals surface area contributed by atoms with Crippen LogP contribution in [0.4, 0.5) is 11.5 Å². The number of carbonyl (C=O) groups excluding carboxylic acids is 2. The third kappa shape index (κ3) is 3.58. The normalized spacial score (nSPS) is 18.5. The average Bonchev–Trinajstić information content (AvgIpc) is 2.67.